The summed E-state index contributed by atoms with van der Waals surface area (Å²) in [6, 6.07) is 8.10. The van der Waals surface area contributed by atoms with Gasteiger partial charge in [0.15, 0.2) is 0 Å². The molecule has 0 aliphatic carbocycles. The van der Waals surface area contributed by atoms with Gasteiger partial charge >= 0.3 is 0 Å². The van der Waals surface area contributed by atoms with E-state index in [0.717, 1.165) is 17.8 Å². The Hall–Kier alpha value is -0.620. The molecule has 1 aromatic heterocycles. The van der Waals surface area contributed by atoms with E-state index in [2.05, 4.69) is 39.0 Å². The lowest BCUT2D eigenvalue weighted by Crippen LogP contribution is -1.94. The van der Waals surface area contributed by atoms with Crippen molar-refractivity contribution < 1.29 is 0 Å². The van der Waals surface area contributed by atoms with Crippen LogP contribution in [0.1, 0.15) is 5.69 Å². The van der Waals surface area contributed by atoms with Crippen molar-refractivity contribution in [2.75, 3.05) is 5.88 Å². The lowest BCUT2D eigenvalue weighted by atomic mass is 10.3. The summed E-state index contributed by atoms with van der Waals surface area (Å²) in [5.74, 6) is 0.574. The molecule has 1 aromatic carbocycles. The molecule has 0 unspecified atom stereocenters. The van der Waals surface area contributed by atoms with E-state index in [1.807, 2.05) is 24.4 Å². The molecule has 0 aliphatic heterocycles. The fourth-order valence-electron chi connectivity index (χ4n) is 1.25. The topological polar surface area (TPSA) is 30.7 Å². The molecule has 5 heteroatoms. The molecule has 0 saturated heterocycles. The van der Waals surface area contributed by atoms with Crippen LogP contribution in [0.15, 0.2) is 30.5 Å². The second-order valence-corrected chi connectivity index (χ2v) is 4.70. The standard InChI is InChI=1S/C10H9ClIN3/c11-5-4-9-7-15(14-13-9)10-3-1-2-8(12)6-10/h1-3,6-7H,4-5H2. The molecule has 15 heavy (non-hydrogen) atoms. The van der Waals surface area contributed by atoms with E-state index in [4.69, 9.17) is 11.6 Å². The van der Waals surface area contributed by atoms with Crippen LogP contribution in [0.4, 0.5) is 0 Å². The predicted molar refractivity (Wildman–Crippen MR) is 68.5 cm³/mol. The predicted octanol–water partition coefficient (Wildman–Crippen LogP) is 2.65. The molecule has 0 saturated carbocycles. The number of alkyl halides is 1. The second-order valence-electron chi connectivity index (χ2n) is 3.07. The van der Waals surface area contributed by atoms with Crippen LogP contribution in [-0.4, -0.2) is 20.9 Å². The van der Waals surface area contributed by atoms with Gasteiger partial charge in [-0.05, 0) is 40.8 Å². The fourth-order valence-corrected chi connectivity index (χ4v) is 1.97. The van der Waals surface area contributed by atoms with Gasteiger partial charge in [0.2, 0.25) is 0 Å². The van der Waals surface area contributed by atoms with Crippen molar-refractivity contribution in [3.8, 4) is 5.69 Å². The minimum absolute atomic E-state index is 0.574. The highest BCUT2D eigenvalue weighted by atomic mass is 127. The van der Waals surface area contributed by atoms with Crippen LogP contribution in [0.3, 0.4) is 0 Å². The molecule has 2 rings (SSSR count). The van der Waals surface area contributed by atoms with E-state index >= 15 is 0 Å². The van der Waals surface area contributed by atoms with Crippen molar-refractivity contribution in [2.24, 2.45) is 0 Å². The summed E-state index contributed by atoms with van der Waals surface area (Å²) in [6.07, 6.45) is 2.67. The first-order chi connectivity index (χ1) is 7.29. The Kier molecular flexibility index (Phi) is 3.58. The fraction of sp³-hybridized carbons (Fsp3) is 0.200. The maximum atomic E-state index is 5.64. The molecular formula is C10H9ClIN3. The van der Waals surface area contributed by atoms with Crippen molar-refractivity contribution in [3.63, 3.8) is 0 Å². The lowest BCUT2D eigenvalue weighted by molar-refractivity contribution is 0.797. The molecule has 0 N–H and O–H groups in total. The van der Waals surface area contributed by atoms with Gasteiger partial charge in [-0.15, -0.1) is 16.7 Å². The Morgan fingerprint density at radius 3 is 3.00 bits per heavy atom. The lowest BCUT2D eigenvalue weighted by Gasteiger charge is -1.99. The highest BCUT2D eigenvalue weighted by molar-refractivity contribution is 14.1. The number of aromatic nitrogens is 3. The molecule has 3 nitrogen and oxygen atoms in total. The minimum atomic E-state index is 0.574. The SMILES string of the molecule is ClCCc1cn(-c2cccc(I)c2)nn1. The van der Waals surface area contributed by atoms with E-state index in [1.165, 1.54) is 3.57 Å². The number of hydrogen-bond donors (Lipinski definition) is 0. The quantitative estimate of drug-likeness (QED) is 0.639. The van der Waals surface area contributed by atoms with Crippen molar-refractivity contribution in [1.29, 1.82) is 0 Å². The molecule has 78 valence electrons. The normalized spacial score (nSPS) is 10.5. The van der Waals surface area contributed by atoms with Gasteiger partial charge in [0, 0.05) is 15.9 Å². The molecule has 0 radical (unpaired) electrons. The highest BCUT2D eigenvalue weighted by Crippen LogP contribution is 2.11. The van der Waals surface area contributed by atoms with Gasteiger partial charge in [0.05, 0.1) is 17.6 Å². The van der Waals surface area contributed by atoms with Crippen LogP contribution < -0.4 is 0 Å². The van der Waals surface area contributed by atoms with Crippen molar-refractivity contribution in [3.05, 3.63) is 39.7 Å². The van der Waals surface area contributed by atoms with Crippen LogP contribution in [0.2, 0.25) is 0 Å². The zero-order valence-corrected chi connectivity index (χ0v) is 10.8. The van der Waals surface area contributed by atoms with Crippen LogP contribution >= 0.6 is 34.2 Å². The van der Waals surface area contributed by atoms with Crippen molar-refractivity contribution >= 4 is 34.2 Å². The van der Waals surface area contributed by atoms with E-state index in [-0.39, 0.29) is 0 Å². The highest BCUT2D eigenvalue weighted by Gasteiger charge is 2.02. The van der Waals surface area contributed by atoms with Gasteiger partial charge in [-0.25, -0.2) is 4.68 Å². The Balaban J connectivity index is 2.29. The average Bonchev–Trinajstić information content (AvgIpc) is 2.67. The van der Waals surface area contributed by atoms with Crippen LogP contribution in [0.5, 0.6) is 0 Å². The summed E-state index contributed by atoms with van der Waals surface area (Å²) < 4.78 is 2.95. The number of nitrogens with zero attached hydrogens (tertiary/aromatic N) is 3. The third-order valence-electron chi connectivity index (χ3n) is 1.96. The summed E-state index contributed by atoms with van der Waals surface area (Å²) in [5, 5.41) is 8.09. The maximum Gasteiger partial charge on any atom is 0.0843 e. The van der Waals surface area contributed by atoms with Gasteiger partial charge < -0.3 is 0 Å². The molecule has 0 fully saturated rings. The average molecular weight is 334 g/mol. The smallest absolute Gasteiger partial charge is 0.0843 e. The van der Waals surface area contributed by atoms with Crippen molar-refractivity contribution in [1.82, 2.24) is 15.0 Å². The Bertz CT molecular complexity index is 455. The zero-order chi connectivity index (χ0) is 10.7. The molecule has 0 bridgehead atoms. The number of halogens is 2. The van der Waals surface area contributed by atoms with Crippen molar-refractivity contribution in [2.45, 2.75) is 6.42 Å². The zero-order valence-electron chi connectivity index (χ0n) is 7.90. The number of benzene rings is 1. The molecule has 0 atom stereocenters. The van der Waals surface area contributed by atoms with Gasteiger partial charge in [0.25, 0.3) is 0 Å². The molecule has 0 spiro atoms. The van der Waals surface area contributed by atoms with E-state index in [1.54, 1.807) is 4.68 Å². The molecular weight excluding hydrogens is 324 g/mol. The van der Waals surface area contributed by atoms with Gasteiger partial charge in [-0.1, -0.05) is 11.3 Å². The summed E-state index contributed by atoms with van der Waals surface area (Å²) in [5.41, 5.74) is 1.94. The van der Waals surface area contributed by atoms with Gasteiger partial charge in [-0.3, -0.25) is 0 Å². The maximum absolute atomic E-state index is 5.64. The second kappa shape index (κ2) is 4.94. The first-order valence-electron chi connectivity index (χ1n) is 4.53. The summed E-state index contributed by atoms with van der Waals surface area (Å²) in [6.45, 7) is 0. The summed E-state index contributed by atoms with van der Waals surface area (Å²) in [4.78, 5) is 0. The Morgan fingerprint density at radius 2 is 2.27 bits per heavy atom. The largest absolute Gasteiger partial charge is 0.220 e. The number of aryl methyl sites for hydroxylation is 1. The Morgan fingerprint density at radius 1 is 1.40 bits per heavy atom. The molecule has 0 amide bonds. The molecule has 2 aromatic rings. The monoisotopic (exact) mass is 333 g/mol. The van der Waals surface area contributed by atoms with Crippen LogP contribution in [-0.2, 0) is 6.42 Å². The van der Waals surface area contributed by atoms with Crippen LogP contribution in [0, 0.1) is 3.57 Å². The first kappa shape index (κ1) is 10.9. The van der Waals surface area contributed by atoms with Gasteiger partial charge in [-0.2, -0.15) is 0 Å². The van der Waals surface area contributed by atoms with E-state index in [9.17, 15) is 0 Å². The van der Waals surface area contributed by atoms with Gasteiger partial charge in [0.1, 0.15) is 0 Å². The third kappa shape index (κ3) is 2.69. The minimum Gasteiger partial charge on any atom is -0.220 e. The van der Waals surface area contributed by atoms with E-state index < -0.39 is 0 Å². The summed E-state index contributed by atoms with van der Waals surface area (Å²) in [7, 11) is 0. The van der Waals surface area contributed by atoms with Crippen LogP contribution in [0.25, 0.3) is 5.69 Å². The number of hydrogen-bond acceptors (Lipinski definition) is 2. The number of rotatable bonds is 3. The van der Waals surface area contributed by atoms with E-state index in [0.29, 0.717) is 5.88 Å². The molecule has 0 aliphatic rings. The molecule has 1 heterocycles. The first-order valence-corrected chi connectivity index (χ1v) is 6.14. The summed E-state index contributed by atoms with van der Waals surface area (Å²) >= 11 is 7.91. The third-order valence-corrected chi connectivity index (χ3v) is 2.82. The Labute approximate surface area is 107 Å².